The molecule has 0 aliphatic rings. The number of halogens is 1. The molecule has 1 aromatic carbocycles. The monoisotopic (exact) mass is 330 g/mol. The second-order valence-electron chi connectivity index (χ2n) is 4.29. The molecule has 0 saturated heterocycles. The number of hydrogen-bond donors (Lipinski definition) is 2. The van der Waals surface area contributed by atoms with Crippen LogP contribution in [-0.2, 0) is 16.6 Å². The summed E-state index contributed by atoms with van der Waals surface area (Å²) in [5.41, 5.74) is 2.08. The third kappa shape index (κ3) is 4.19. The van der Waals surface area contributed by atoms with E-state index in [4.69, 9.17) is 0 Å². The molecule has 0 radical (unpaired) electrons. The van der Waals surface area contributed by atoms with Gasteiger partial charge in [-0.1, -0.05) is 24.3 Å². The maximum absolute atomic E-state index is 14.0. The molecular weight excluding hydrogens is 315 g/mol. The second-order valence-corrected chi connectivity index (χ2v) is 6.77. The van der Waals surface area contributed by atoms with Gasteiger partial charge in [-0.05, 0) is 30.7 Å². The van der Waals surface area contributed by atoms with E-state index in [0.717, 1.165) is 24.3 Å². The Hall–Kier alpha value is -1.58. The van der Waals surface area contributed by atoms with Crippen molar-refractivity contribution in [1.29, 1.82) is 0 Å². The molecule has 2 aromatic rings. The van der Waals surface area contributed by atoms with Gasteiger partial charge in [-0.3, -0.25) is 4.72 Å². The standard InChI is InChI=1S/C12H15FN4O2S2/c1-2-5-14-7-9-3-4-11(10(13)6-9)21(18,19)17-12-16-15-8-20-12/h3-4,6,8,14H,2,5,7H2,1H3,(H,16,17). The van der Waals surface area contributed by atoms with E-state index < -0.39 is 20.7 Å². The highest BCUT2D eigenvalue weighted by atomic mass is 32.2. The fraction of sp³-hybridized carbons (Fsp3) is 0.333. The lowest BCUT2D eigenvalue weighted by molar-refractivity contribution is 0.567. The zero-order valence-electron chi connectivity index (χ0n) is 11.3. The van der Waals surface area contributed by atoms with Crippen molar-refractivity contribution in [2.75, 3.05) is 11.3 Å². The van der Waals surface area contributed by atoms with Crippen molar-refractivity contribution in [2.24, 2.45) is 0 Å². The van der Waals surface area contributed by atoms with E-state index in [1.807, 2.05) is 6.92 Å². The van der Waals surface area contributed by atoms with Gasteiger partial charge in [0.2, 0.25) is 5.13 Å². The van der Waals surface area contributed by atoms with Crippen molar-refractivity contribution in [3.05, 3.63) is 35.1 Å². The van der Waals surface area contributed by atoms with Gasteiger partial charge in [-0.15, -0.1) is 10.2 Å². The Balaban J connectivity index is 2.16. The van der Waals surface area contributed by atoms with E-state index in [1.54, 1.807) is 6.07 Å². The van der Waals surface area contributed by atoms with Crippen LogP contribution in [0, 0.1) is 5.82 Å². The van der Waals surface area contributed by atoms with E-state index in [9.17, 15) is 12.8 Å². The number of sulfonamides is 1. The van der Waals surface area contributed by atoms with Crippen molar-refractivity contribution in [2.45, 2.75) is 24.8 Å². The predicted octanol–water partition coefficient (Wildman–Crippen LogP) is 1.98. The number of anilines is 1. The normalized spacial score (nSPS) is 11.5. The fourth-order valence-electron chi connectivity index (χ4n) is 1.67. The van der Waals surface area contributed by atoms with Gasteiger partial charge >= 0.3 is 0 Å². The zero-order valence-corrected chi connectivity index (χ0v) is 13.0. The highest BCUT2D eigenvalue weighted by Gasteiger charge is 2.20. The highest BCUT2D eigenvalue weighted by molar-refractivity contribution is 7.93. The third-order valence-corrected chi connectivity index (χ3v) is 4.73. The van der Waals surface area contributed by atoms with Crippen LogP contribution in [0.25, 0.3) is 0 Å². The minimum absolute atomic E-state index is 0.100. The Morgan fingerprint density at radius 1 is 1.38 bits per heavy atom. The molecule has 0 unspecified atom stereocenters. The molecule has 6 nitrogen and oxygen atoms in total. The van der Waals surface area contributed by atoms with E-state index in [1.165, 1.54) is 17.6 Å². The summed E-state index contributed by atoms with van der Waals surface area (Å²) in [4.78, 5) is -0.406. The molecule has 1 heterocycles. The molecular formula is C12H15FN4O2S2. The van der Waals surface area contributed by atoms with Crippen LogP contribution in [0.5, 0.6) is 0 Å². The summed E-state index contributed by atoms with van der Waals surface area (Å²) in [6.07, 6.45) is 0.973. The lowest BCUT2D eigenvalue weighted by atomic mass is 10.2. The Morgan fingerprint density at radius 3 is 2.81 bits per heavy atom. The molecule has 2 N–H and O–H groups in total. The summed E-state index contributed by atoms with van der Waals surface area (Å²) in [5, 5.41) is 10.3. The molecule has 2 rings (SSSR count). The molecule has 0 fully saturated rings. The molecule has 0 aliphatic heterocycles. The van der Waals surface area contributed by atoms with Gasteiger partial charge in [0.15, 0.2) is 0 Å². The predicted molar refractivity (Wildman–Crippen MR) is 79.1 cm³/mol. The Kier molecular flexibility index (Phi) is 5.21. The fourth-order valence-corrected chi connectivity index (χ4v) is 3.42. The first kappa shape index (κ1) is 15.8. The van der Waals surface area contributed by atoms with Crippen molar-refractivity contribution in [1.82, 2.24) is 15.5 Å². The van der Waals surface area contributed by atoms with Gasteiger partial charge in [0.05, 0.1) is 0 Å². The van der Waals surface area contributed by atoms with Crippen LogP contribution in [0.4, 0.5) is 9.52 Å². The van der Waals surface area contributed by atoms with Gasteiger partial charge in [-0.2, -0.15) is 0 Å². The molecule has 0 amide bonds. The average molecular weight is 330 g/mol. The maximum Gasteiger partial charge on any atom is 0.266 e. The molecule has 0 aliphatic carbocycles. The molecule has 0 saturated carbocycles. The Morgan fingerprint density at radius 2 is 2.19 bits per heavy atom. The summed E-state index contributed by atoms with van der Waals surface area (Å²) in [6, 6.07) is 4.05. The molecule has 9 heteroatoms. The van der Waals surface area contributed by atoms with Crippen LogP contribution in [0.15, 0.2) is 28.6 Å². The van der Waals surface area contributed by atoms with Gasteiger partial charge in [0.25, 0.3) is 10.0 Å². The van der Waals surface area contributed by atoms with E-state index >= 15 is 0 Å². The second kappa shape index (κ2) is 6.92. The van der Waals surface area contributed by atoms with Crippen molar-refractivity contribution in [3.8, 4) is 0 Å². The SMILES string of the molecule is CCCNCc1ccc(S(=O)(=O)Nc2nncs2)c(F)c1. The summed E-state index contributed by atoms with van der Waals surface area (Å²) in [5.74, 6) is -0.789. The first-order valence-electron chi connectivity index (χ1n) is 6.31. The minimum atomic E-state index is -3.99. The van der Waals surface area contributed by atoms with E-state index in [-0.39, 0.29) is 5.13 Å². The van der Waals surface area contributed by atoms with E-state index in [0.29, 0.717) is 12.1 Å². The number of benzene rings is 1. The van der Waals surface area contributed by atoms with Crippen LogP contribution < -0.4 is 10.0 Å². The maximum atomic E-state index is 14.0. The average Bonchev–Trinajstić information content (AvgIpc) is 2.91. The smallest absolute Gasteiger partial charge is 0.266 e. The molecule has 0 bridgehead atoms. The van der Waals surface area contributed by atoms with Crippen LogP contribution in [-0.4, -0.2) is 25.2 Å². The van der Waals surface area contributed by atoms with Crippen molar-refractivity contribution >= 4 is 26.5 Å². The zero-order chi connectivity index (χ0) is 15.3. The number of aromatic nitrogens is 2. The van der Waals surface area contributed by atoms with Crippen LogP contribution in [0.1, 0.15) is 18.9 Å². The molecule has 0 spiro atoms. The van der Waals surface area contributed by atoms with Gasteiger partial charge < -0.3 is 5.32 Å². The van der Waals surface area contributed by atoms with Crippen LogP contribution in [0.3, 0.4) is 0 Å². The first-order chi connectivity index (χ1) is 10.0. The molecule has 21 heavy (non-hydrogen) atoms. The molecule has 114 valence electrons. The van der Waals surface area contributed by atoms with E-state index in [2.05, 4.69) is 20.2 Å². The topological polar surface area (TPSA) is 84.0 Å². The number of rotatable bonds is 7. The van der Waals surface area contributed by atoms with Gasteiger partial charge in [0.1, 0.15) is 16.2 Å². The molecule has 0 atom stereocenters. The number of hydrogen-bond acceptors (Lipinski definition) is 6. The summed E-state index contributed by atoms with van der Waals surface area (Å²) >= 11 is 1.02. The van der Waals surface area contributed by atoms with Crippen molar-refractivity contribution < 1.29 is 12.8 Å². The number of nitrogens with one attached hydrogen (secondary N) is 2. The summed E-state index contributed by atoms with van der Waals surface area (Å²) in [6.45, 7) is 3.34. The summed E-state index contributed by atoms with van der Waals surface area (Å²) in [7, 11) is -3.99. The van der Waals surface area contributed by atoms with Crippen LogP contribution in [0.2, 0.25) is 0 Å². The highest BCUT2D eigenvalue weighted by Crippen LogP contribution is 2.20. The van der Waals surface area contributed by atoms with Crippen LogP contribution >= 0.6 is 11.3 Å². The summed E-state index contributed by atoms with van der Waals surface area (Å²) < 4.78 is 40.3. The minimum Gasteiger partial charge on any atom is -0.313 e. The van der Waals surface area contributed by atoms with Gasteiger partial charge in [0, 0.05) is 6.54 Å². The Labute approximate surface area is 126 Å². The van der Waals surface area contributed by atoms with Crippen molar-refractivity contribution in [3.63, 3.8) is 0 Å². The quantitative estimate of drug-likeness (QED) is 0.758. The number of nitrogens with zero attached hydrogens (tertiary/aromatic N) is 2. The Bertz CT molecular complexity index is 689. The largest absolute Gasteiger partial charge is 0.313 e. The third-order valence-electron chi connectivity index (χ3n) is 2.62. The molecule has 1 aromatic heterocycles. The lowest BCUT2D eigenvalue weighted by Crippen LogP contribution is -2.16. The first-order valence-corrected chi connectivity index (χ1v) is 8.67. The van der Waals surface area contributed by atoms with Gasteiger partial charge in [-0.25, -0.2) is 12.8 Å². The lowest BCUT2D eigenvalue weighted by Gasteiger charge is -2.08.